The molecular weight excluding hydrogens is 302 g/mol. The summed E-state index contributed by atoms with van der Waals surface area (Å²) in [6.07, 6.45) is 0. The molecular formula is C20H18KNa. The number of hydrogen-bond donors (Lipinski definition) is 0. The van der Waals surface area contributed by atoms with Gasteiger partial charge in [-0.1, -0.05) is 97.1 Å². The number of hydrogen-bond acceptors (Lipinski definition) is 0. The van der Waals surface area contributed by atoms with Crippen molar-refractivity contribution in [3.05, 3.63) is 97.1 Å². The van der Waals surface area contributed by atoms with Crippen LogP contribution < -0.4 is 80.9 Å². The van der Waals surface area contributed by atoms with E-state index in [0.29, 0.717) is 0 Å². The predicted octanol–water partition coefficient (Wildman–Crippen LogP) is -0.0874. The van der Waals surface area contributed by atoms with E-state index in [1.807, 2.05) is 0 Å². The Bertz CT molecular complexity index is 635. The molecule has 2 heteroatoms. The van der Waals surface area contributed by atoms with Gasteiger partial charge in [0.25, 0.3) is 0 Å². The molecule has 0 unspecified atom stereocenters. The Hall–Kier alpha value is 0.0364. The van der Waals surface area contributed by atoms with Crippen LogP contribution in [0.3, 0.4) is 0 Å². The summed E-state index contributed by atoms with van der Waals surface area (Å²) in [4.78, 5) is 0. The molecule has 4 rings (SSSR count). The Morgan fingerprint density at radius 3 is 0.636 bits per heavy atom. The first-order chi connectivity index (χ1) is 9.93. The summed E-state index contributed by atoms with van der Waals surface area (Å²) in [6.45, 7) is 0. The minimum atomic E-state index is 0. The first-order valence-corrected chi connectivity index (χ1v) is 6.81. The van der Waals surface area contributed by atoms with Gasteiger partial charge in [0.05, 0.1) is 0 Å². The van der Waals surface area contributed by atoms with Crippen molar-refractivity contribution in [1.82, 2.24) is 0 Å². The quantitative estimate of drug-likeness (QED) is 0.397. The molecule has 0 fully saturated rings. The molecule has 0 spiro atoms. The van der Waals surface area contributed by atoms with Crippen LogP contribution in [0, 0.1) is 0 Å². The smallest absolute Gasteiger partial charge is 1.00 e. The van der Waals surface area contributed by atoms with Crippen LogP contribution in [0.25, 0.3) is 21.5 Å². The molecule has 100 valence electrons. The molecule has 0 N–H and O–H groups in total. The van der Waals surface area contributed by atoms with Crippen molar-refractivity contribution in [2.75, 3.05) is 0 Å². The molecule has 4 aromatic rings. The maximum Gasteiger partial charge on any atom is 1.00 e. The Balaban J connectivity index is 0. The third-order valence-electron chi connectivity index (χ3n) is 3.32. The molecule has 0 amide bonds. The summed E-state index contributed by atoms with van der Waals surface area (Å²) >= 11 is 0. The van der Waals surface area contributed by atoms with Gasteiger partial charge in [-0.15, -0.1) is 0 Å². The zero-order valence-electron chi connectivity index (χ0n) is 15.2. The van der Waals surface area contributed by atoms with Gasteiger partial charge >= 0.3 is 80.9 Å². The second kappa shape index (κ2) is 10.7. The predicted molar refractivity (Wildman–Crippen MR) is 90.1 cm³/mol. The Morgan fingerprint density at radius 1 is 0.364 bits per heavy atom. The van der Waals surface area contributed by atoms with Gasteiger partial charge in [-0.3, -0.25) is 0 Å². The van der Waals surface area contributed by atoms with Crippen LogP contribution in [0.2, 0.25) is 0 Å². The standard InChI is InChI=1S/2C10H8.K.Na.2H/c2*1-2-6-10-8-4-3-7-9(10)5-1;;;;/h2*1-8H;;;;/q;;2*+1;2*-1. The van der Waals surface area contributed by atoms with E-state index in [9.17, 15) is 0 Å². The maximum atomic E-state index is 2.12. The average molecular weight is 320 g/mol. The Kier molecular flexibility index (Phi) is 9.81. The van der Waals surface area contributed by atoms with Gasteiger partial charge < -0.3 is 2.85 Å². The molecule has 22 heavy (non-hydrogen) atoms. The number of fused-ring (bicyclic) bond motifs is 2. The van der Waals surface area contributed by atoms with Crippen molar-refractivity contribution < 1.29 is 83.8 Å². The zero-order valence-corrected chi connectivity index (χ0v) is 18.4. The average Bonchev–Trinajstić information content (AvgIpc) is 2.56. The first kappa shape index (κ1) is 20.1. The molecule has 0 atom stereocenters. The molecule has 4 aromatic carbocycles. The molecule has 0 nitrogen and oxygen atoms in total. The van der Waals surface area contributed by atoms with Crippen LogP contribution in [0.5, 0.6) is 0 Å². The van der Waals surface area contributed by atoms with Crippen LogP contribution in [0.15, 0.2) is 97.1 Å². The normalized spacial score (nSPS) is 9.09. The van der Waals surface area contributed by atoms with Crippen molar-refractivity contribution in [3.8, 4) is 0 Å². The largest absolute Gasteiger partial charge is 1.00 e. The van der Waals surface area contributed by atoms with Crippen molar-refractivity contribution in [1.29, 1.82) is 0 Å². The van der Waals surface area contributed by atoms with Gasteiger partial charge in [0.1, 0.15) is 0 Å². The van der Waals surface area contributed by atoms with Gasteiger partial charge in [0.2, 0.25) is 0 Å². The van der Waals surface area contributed by atoms with Crippen LogP contribution in [0.1, 0.15) is 2.85 Å². The molecule has 0 saturated carbocycles. The van der Waals surface area contributed by atoms with Gasteiger partial charge in [-0.2, -0.15) is 0 Å². The van der Waals surface area contributed by atoms with Crippen molar-refractivity contribution in [2.45, 2.75) is 0 Å². The second-order valence-corrected chi connectivity index (χ2v) is 4.69. The second-order valence-electron chi connectivity index (χ2n) is 4.69. The van der Waals surface area contributed by atoms with Crippen LogP contribution >= 0.6 is 0 Å². The molecule has 0 aliphatic carbocycles. The number of benzene rings is 4. The zero-order chi connectivity index (χ0) is 13.6. The third-order valence-corrected chi connectivity index (χ3v) is 3.32. The molecule has 0 aliphatic heterocycles. The fourth-order valence-electron chi connectivity index (χ4n) is 2.27. The molecule has 0 radical (unpaired) electrons. The Morgan fingerprint density at radius 2 is 0.500 bits per heavy atom. The van der Waals surface area contributed by atoms with E-state index >= 15 is 0 Å². The fourth-order valence-corrected chi connectivity index (χ4v) is 2.27. The molecule has 0 heterocycles. The number of rotatable bonds is 0. The van der Waals surface area contributed by atoms with E-state index in [1.54, 1.807) is 0 Å². The maximum absolute atomic E-state index is 2.12. The monoisotopic (exact) mass is 320 g/mol. The SMILES string of the molecule is [H-].[H-].[K+].[Na+].c1ccc2ccccc2c1.c1ccc2ccccc2c1. The third kappa shape index (κ3) is 5.59. The van der Waals surface area contributed by atoms with Crippen molar-refractivity contribution in [2.24, 2.45) is 0 Å². The van der Waals surface area contributed by atoms with E-state index in [-0.39, 0.29) is 83.8 Å². The first-order valence-electron chi connectivity index (χ1n) is 6.81. The van der Waals surface area contributed by atoms with E-state index in [1.165, 1.54) is 21.5 Å². The van der Waals surface area contributed by atoms with Crippen LogP contribution in [0.4, 0.5) is 0 Å². The van der Waals surface area contributed by atoms with Crippen LogP contribution in [-0.2, 0) is 0 Å². The minimum absolute atomic E-state index is 0. The molecule has 0 bridgehead atoms. The van der Waals surface area contributed by atoms with Crippen molar-refractivity contribution >= 4 is 21.5 Å². The van der Waals surface area contributed by atoms with E-state index in [0.717, 1.165) is 0 Å². The topological polar surface area (TPSA) is 0 Å². The molecule has 0 saturated heterocycles. The summed E-state index contributed by atoms with van der Waals surface area (Å²) in [7, 11) is 0. The van der Waals surface area contributed by atoms with E-state index in [4.69, 9.17) is 0 Å². The van der Waals surface area contributed by atoms with Gasteiger partial charge in [-0.25, -0.2) is 0 Å². The molecule has 0 aliphatic rings. The summed E-state index contributed by atoms with van der Waals surface area (Å²) in [5.74, 6) is 0. The van der Waals surface area contributed by atoms with E-state index < -0.39 is 0 Å². The fraction of sp³-hybridized carbons (Fsp3) is 0. The summed E-state index contributed by atoms with van der Waals surface area (Å²) in [5.41, 5.74) is 0. The van der Waals surface area contributed by atoms with Crippen LogP contribution in [-0.4, -0.2) is 0 Å². The Labute approximate surface area is 199 Å². The summed E-state index contributed by atoms with van der Waals surface area (Å²) in [6, 6.07) is 33.4. The minimum Gasteiger partial charge on any atom is -1.00 e. The summed E-state index contributed by atoms with van der Waals surface area (Å²) < 4.78 is 0. The van der Waals surface area contributed by atoms with E-state index in [2.05, 4.69) is 97.1 Å². The van der Waals surface area contributed by atoms with Crippen molar-refractivity contribution in [3.63, 3.8) is 0 Å². The van der Waals surface area contributed by atoms with Gasteiger partial charge in [0, 0.05) is 0 Å². The summed E-state index contributed by atoms with van der Waals surface area (Å²) in [5, 5.41) is 5.24. The van der Waals surface area contributed by atoms with Gasteiger partial charge in [-0.05, 0) is 21.5 Å². The van der Waals surface area contributed by atoms with Gasteiger partial charge in [0.15, 0.2) is 0 Å². The molecule has 0 aromatic heterocycles.